The van der Waals surface area contributed by atoms with Crippen LogP contribution in [-0.4, -0.2) is 53.6 Å². The van der Waals surface area contributed by atoms with E-state index in [9.17, 15) is 4.79 Å². The molecule has 0 aromatic carbocycles. The van der Waals surface area contributed by atoms with Crippen molar-refractivity contribution < 1.29 is 19.0 Å². The quantitative estimate of drug-likeness (QED) is 0.605. The second-order valence-corrected chi connectivity index (χ2v) is 6.47. The molecule has 9 heteroatoms. The van der Waals surface area contributed by atoms with Gasteiger partial charge in [0.15, 0.2) is 5.75 Å². The van der Waals surface area contributed by atoms with Gasteiger partial charge in [0.25, 0.3) is 11.8 Å². The van der Waals surface area contributed by atoms with Gasteiger partial charge in [0.05, 0.1) is 62.8 Å². The van der Waals surface area contributed by atoms with Crippen LogP contribution in [0.15, 0.2) is 36.8 Å². The lowest BCUT2D eigenvalue weighted by Crippen LogP contribution is -2.22. The van der Waals surface area contributed by atoms with E-state index in [1.807, 2.05) is 18.3 Å². The fourth-order valence-electron chi connectivity index (χ4n) is 3.22. The molecule has 1 amide bonds. The Morgan fingerprint density at radius 1 is 1.14 bits per heavy atom. The summed E-state index contributed by atoms with van der Waals surface area (Å²) < 4.78 is 17.3. The number of carbonyl (C=O) groups is 1. The Balaban J connectivity index is 1.60. The second-order valence-electron chi connectivity index (χ2n) is 6.47. The van der Waals surface area contributed by atoms with Crippen LogP contribution in [-0.2, 0) is 17.8 Å². The van der Waals surface area contributed by atoms with Gasteiger partial charge in [-0.3, -0.25) is 19.4 Å². The molecule has 0 bridgehead atoms. The maximum atomic E-state index is 12.8. The third kappa shape index (κ3) is 3.52. The minimum absolute atomic E-state index is 0.0872. The fraction of sp³-hybridized carbons (Fsp3) is 0.300. The summed E-state index contributed by atoms with van der Waals surface area (Å²) in [5.41, 5.74) is 3.53. The topological polar surface area (TPSA) is 91.6 Å². The molecular weight excluding hydrogens is 374 g/mol. The number of rotatable bonds is 7. The van der Waals surface area contributed by atoms with Gasteiger partial charge in [-0.25, -0.2) is 4.98 Å². The molecule has 150 valence electrons. The Morgan fingerprint density at radius 3 is 2.76 bits per heavy atom. The highest BCUT2D eigenvalue weighted by atomic mass is 16.5. The molecule has 0 saturated heterocycles. The zero-order chi connectivity index (χ0) is 20.4. The molecule has 0 radical (unpaired) electrons. The van der Waals surface area contributed by atoms with Gasteiger partial charge >= 0.3 is 0 Å². The molecule has 29 heavy (non-hydrogen) atoms. The van der Waals surface area contributed by atoms with Gasteiger partial charge in [0.2, 0.25) is 0 Å². The number of nitrogens with zero attached hydrogens (tertiary/aromatic N) is 5. The van der Waals surface area contributed by atoms with Crippen LogP contribution >= 0.6 is 0 Å². The summed E-state index contributed by atoms with van der Waals surface area (Å²) in [6, 6.07) is 5.42. The first-order valence-corrected chi connectivity index (χ1v) is 9.06. The lowest BCUT2D eigenvalue weighted by Gasteiger charge is -2.11. The minimum atomic E-state index is -0.0872. The molecule has 0 aliphatic carbocycles. The predicted octanol–water partition coefficient (Wildman–Crippen LogP) is 2.16. The van der Waals surface area contributed by atoms with Gasteiger partial charge in [-0.2, -0.15) is 5.10 Å². The first-order chi connectivity index (χ1) is 14.1. The first-order valence-electron chi connectivity index (χ1n) is 9.06. The van der Waals surface area contributed by atoms with Crippen molar-refractivity contribution in [2.75, 3.05) is 32.8 Å². The maximum absolute atomic E-state index is 12.8. The molecular formula is C20H21N5O4. The summed E-state index contributed by atoms with van der Waals surface area (Å²) in [5, 5.41) is 4.28. The summed E-state index contributed by atoms with van der Waals surface area (Å²) in [4.78, 5) is 23.4. The summed E-state index contributed by atoms with van der Waals surface area (Å²) in [5.74, 6) is 0.841. The van der Waals surface area contributed by atoms with Gasteiger partial charge in [-0.15, -0.1) is 0 Å². The van der Waals surface area contributed by atoms with Crippen molar-refractivity contribution in [1.82, 2.24) is 19.7 Å². The van der Waals surface area contributed by atoms with E-state index in [1.165, 1.54) is 7.11 Å². The second kappa shape index (κ2) is 7.88. The summed E-state index contributed by atoms with van der Waals surface area (Å²) >= 11 is 0. The van der Waals surface area contributed by atoms with E-state index in [0.717, 1.165) is 11.3 Å². The van der Waals surface area contributed by atoms with Crippen LogP contribution < -0.4 is 14.4 Å². The number of hydrogen-bond acceptors (Lipinski definition) is 7. The molecule has 9 nitrogen and oxygen atoms in total. The molecule has 3 aromatic rings. The van der Waals surface area contributed by atoms with E-state index >= 15 is 0 Å². The molecule has 0 saturated carbocycles. The van der Waals surface area contributed by atoms with Crippen LogP contribution in [0.25, 0.3) is 11.3 Å². The van der Waals surface area contributed by atoms with Crippen LogP contribution in [0, 0.1) is 0 Å². The van der Waals surface area contributed by atoms with E-state index < -0.39 is 0 Å². The monoisotopic (exact) mass is 395 g/mol. The largest absolute Gasteiger partial charge is 0.491 e. The van der Waals surface area contributed by atoms with Crippen molar-refractivity contribution >= 4 is 11.6 Å². The normalized spacial score (nSPS) is 12.9. The highest BCUT2D eigenvalue weighted by molar-refractivity contribution is 6.09. The van der Waals surface area contributed by atoms with Crippen molar-refractivity contribution in [3.8, 4) is 22.9 Å². The van der Waals surface area contributed by atoms with Crippen LogP contribution in [0.2, 0.25) is 0 Å². The Morgan fingerprint density at radius 2 is 2.00 bits per heavy atom. The van der Waals surface area contributed by atoms with E-state index in [2.05, 4.69) is 10.1 Å². The van der Waals surface area contributed by atoms with Gasteiger partial charge in [0.1, 0.15) is 0 Å². The molecule has 1 aliphatic rings. The lowest BCUT2D eigenvalue weighted by molar-refractivity contribution is 0.0996. The van der Waals surface area contributed by atoms with Gasteiger partial charge in [-0.1, -0.05) is 0 Å². The standard InChI is InChI=1S/C20H21N5O4/c1-27-7-6-24-11-14(10-22-24)25-12-17-15(20(25)26)4-5-16(23-17)13-8-18(28-2)19(29-3)21-9-13/h4-5,8-11H,6-7,12H2,1-3H3. The number of anilines is 1. The van der Waals surface area contributed by atoms with Crippen LogP contribution in [0.1, 0.15) is 16.1 Å². The number of carbonyl (C=O) groups excluding carboxylic acids is 1. The number of aromatic nitrogens is 4. The molecule has 0 fully saturated rings. The molecule has 0 atom stereocenters. The molecule has 4 rings (SSSR count). The van der Waals surface area contributed by atoms with Crippen molar-refractivity contribution in [2.45, 2.75) is 13.1 Å². The van der Waals surface area contributed by atoms with Crippen LogP contribution in [0.3, 0.4) is 0 Å². The SMILES string of the molecule is COCCn1cc(N2Cc3nc(-c4cnc(OC)c(OC)c4)ccc3C2=O)cn1. The number of ether oxygens (including phenoxy) is 3. The molecule has 3 aromatic heterocycles. The zero-order valence-corrected chi connectivity index (χ0v) is 16.5. The molecule has 0 unspecified atom stereocenters. The van der Waals surface area contributed by atoms with Crippen molar-refractivity contribution in [1.29, 1.82) is 0 Å². The van der Waals surface area contributed by atoms with Crippen molar-refractivity contribution in [2.24, 2.45) is 0 Å². The Bertz CT molecular complexity index is 1050. The number of fused-ring (bicyclic) bond motifs is 1. The molecule has 0 spiro atoms. The zero-order valence-electron chi connectivity index (χ0n) is 16.5. The highest BCUT2D eigenvalue weighted by Gasteiger charge is 2.31. The molecule has 4 heterocycles. The van der Waals surface area contributed by atoms with Crippen molar-refractivity contribution in [3.63, 3.8) is 0 Å². The Kier molecular flexibility index (Phi) is 5.13. The first kappa shape index (κ1) is 18.9. The summed E-state index contributed by atoms with van der Waals surface area (Å²) in [7, 11) is 4.74. The summed E-state index contributed by atoms with van der Waals surface area (Å²) in [6.45, 7) is 1.57. The number of hydrogen-bond donors (Lipinski definition) is 0. The van der Waals surface area contributed by atoms with Gasteiger partial charge < -0.3 is 14.2 Å². The van der Waals surface area contributed by atoms with Gasteiger partial charge in [-0.05, 0) is 18.2 Å². The third-order valence-corrected chi connectivity index (χ3v) is 4.74. The Hall–Kier alpha value is -3.46. The van der Waals surface area contributed by atoms with Crippen LogP contribution in [0.5, 0.6) is 11.6 Å². The number of amides is 1. The number of methoxy groups -OCH3 is 3. The van der Waals surface area contributed by atoms with E-state index in [1.54, 1.807) is 42.3 Å². The van der Waals surface area contributed by atoms with E-state index in [4.69, 9.17) is 19.2 Å². The lowest BCUT2D eigenvalue weighted by atomic mass is 10.1. The summed E-state index contributed by atoms with van der Waals surface area (Å²) in [6.07, 6.45) is 5.19. The minimum Gasteiger partial charge on any atom is -0.491 e. The molecule has 1 aliphatic heterocycles. The maximum Gasteiger partial charge on any atom is 0.260 e. The smallest absolute Gasteiger partial charge is 0.260 e. The average Bonchev–Trinajstić information content (AvgIpc) is 3.35. The van der Waals surface area contributed by atoms with Gasteiger partial charge in [0, 0.05) is 25.1 Å². The van der Waals surface area contributed by atoms with E-state index in [-0.39, 0.29) is 5.91 Å². The fourth-order valence-corrected chi connectivity index (χ4v) is 3.22. The predicted molar refractivity (Wildman–Crippen MR) is 105 cm³/mol. The Labute approximate surface area is 167 Å². The number of pyridine rings is 2. The van der Waals surface area contributed by atoms with Crippen molar-refractivity contribution in [3.05, 3.63) is 48.0 Å². The molecule has 0 N–H and O–H groups in total. The highest BCUT2D eigenvalue weighted by Crippen LogP contribution is 2.32. The third-order valence-electron chi connectivity index (χ3n) is 4.74. The van der Waals surface area contributed by atoms with E-state index in [0.29, 0.717) is 48.3 Å². The van der Waals surface area contributed by atoms with Crippen LogP contribution in [0.4, 0.5) is 5.69 Å². The average molecular weight is 395 g/mol.